The van der Waals surface area contributed by atoms with Crippen molar-refractivity contribution in [1.82, 2.24) is 9.88 Å². The number of para-hydroxylation sites is 1. The fourth-order valence-electron chi connectivity index (χ4n) is 3.93. The smallest absolute Gasteiger partial charge is 0.290 e. The Kier molecular flexibility index (Phi) is 5.98. The number of H-pyrrole nitrogens is 1. The summed E-state index contributed by atoms with van der Waals surface area (Å²) in [5.41, 5.74) is 2.06. The van der Waals surface area contributed by atoms with Gasteiger partial charge in [-0.3, -0.25) is 4.79 Å². The van der Waals surface area contributed by atoms with Gasteiger partial charge in [0, 0.05) is 22.5 Å². The average molecular weight is 397 g/mol. The van der Waals surface area contributed by atoms with E-state index in [0.717, 1.165) is 42.0 Å². The third-order valence-electron chi connectivity index (χ3n) is 5.52. The van der Waals surface area contributed by atoms with Crippen LogP contribution in [0.15, 0.2) is 59.4 Å². The molecule has 28 heavy (non-hydrogen) atoms. The fraction of sp³-hybridized carbons (Fsp3) is 0.348. The predicted molar refractivity (Wildman–Crippen MR) is 115 cm³/mol. The second kappa shape index (κ2) is 8.80. The zero-order valence-corrected chi connectivity index (χ0v) is 16.6. The van der Waals surface area contributed by atoms with Crippen molar-refractivity contribution in [3.8, 4) is 5.75 Å². The van der Waals surface area contributed by atoms with Crippen molar-refractivity contribution < 1.29 is 4.74 Å². The molecule has 0 atom stereocenters. The van der Waals surface area contributed by atoms with Crippen molar-refractivity contribution in [1.29, 1.82) is 0 Å². The molecule has 0 radical (unpaired) electrons. The molecule has 0 saturated carbocycles. The molecule has 1 aliphatic heterocycles. The Morgan fingerprint density at radius 2 is 1.82 bits per heavy atom. The number of nitrogens with one attached hydrogen (secondary N) is 1. The highest BCUT2D eigenvalue weighted by molar-refractivity contribution is 6.30. The molecular formula is C23H25ClN2O2. The molecule has 0 aliphatic carbocycles. The lowest BCUT2D eigenvalue weighted by molar-refractivity contribution is 0.192. The van der Waals surface area contributed by atoms with Gasteiger partial charge in [0.25, 0.3) is 5.56 Å². The van der Waals surface area contributed by atoms with Crippen LogP contribution >= 0.6 is 11.6 Å². The number of hydrogen-bond acceptors (Lipinski definition) is 3. The third-order valence-corrected chi connectivity index (χ3v) is 5.78. The summed E-state index contributed by atoms with van der Waals surface area (Å²) in [6, 6.07) is 17.8. The highest BCUT2D eigenvalue weighted by Gasteiger charge is 2.20. The molecule has 0 unspecified atom stereocenters. The van der Waals surface area contributed by atoms with Gasteiger partial charge in [0.2, 0.25) is 0 Å². The first-order valence-corrected chi connectivity index (χ1v) is 10.3. The van der Waals surface area contributed by atoms with Crippen LogP contribution in [0.25, 0.3) is 10.9 Å². The number of aromatic nitrogens is 1. The first-order chi connectivity index (χ1) is 13.7. The summed E-state index contributed by atoms with van der Waals surface area (Å²) in [5, 5.41) is 1.79. The molecule has 4 rings (SSSR count). The minimum absolute atomic E-state index is 0.164. The lowest BCUT2D eigenvalue weighted by atomic mass is 9.89. The molecule has 2 heterocycles. The van der Waals surface area contributed by atoms with Gasteiger partial charge in [0.05, 0.1) is 6.61 Å². The van der Waals surface area contributed by atoms with Crippen LogP contribution in [0.5, 0.6) is 5.75 Å². The molecule has 1 N–H and O–H groups in total. The number of fused-ring (bicyclic) bond motifs is 1. The van der Waals surface area contributed by atoms with Crippen LogP contribution in [0.2, 0.25) is 5.02 Å². The molecule has 1 saturated heterocycles. The van der Waals surface area contributed by atoms with E-state index in [1.807, 2.05) is 42.5 Å². The van der Waals surface area contributed by atoms with E-state index in [1.165, 1.54) is 18.4 Å². The molecule has 1 aliphatic rings. The van der Waals surface area contributed by atoms with Crippen LogP contribution in [0, 0.1) is 0 Å². The normalized spacial score (nSPS) is 15.8. The van der Waals surface area contributed by atoms with Gasteiger partial charge < -0.3 is 14.6 Å². The van der Waals surface area contributed by atoms with Crippen LogP contribution in [-0.4, -0.2) is 36.1 Å². The van der Waals surface area contributed by atoms with Crippen molar-refractivity contribution in [3.05, 3.63) is 75.5 Å². The Balaban J connectivity index is 1.23. The number of pyridine rings is 1. The molecular weight excluding hydrogens is 372 g/mol. The lowest BCUT2D eigenvalue weighted by Gasteiger charge is -2.32. The molecule has 2 aromatic carbocycles. The predicted octanol–water partition coefficient (Wildman–Crippen LogP) is 4.83. The van der Waals surface area contributed by atoms with Gasteiger partial charge in [0.1, 0.15) is 0 Å². The molecule has 5 heteroatoms. The highest BCUT2D eigenvalue weighted by Crippen LogP contribution is 2.28. The number of hydrogen-bond donors (Lipinski definition) is 1. The first kappa shape index (κ1) is 19.0. The van der Waals surface area contributed by atoms with Gasteiger partial charge in [-0.25, -0.2) is 0 Å². The van der Waals surface area contributed by atoms with Gasteiger partial charge in [0.15, 0.2) is 5.75 Å². The minimum atomic E-state index is -0.164. The van der Waals surface area contributed by atoms with Gasteiger partial charge in [-0.15, -0.1) is 0 Å². The second-order valence-electron chi connectivity index (χ2n) is 7.42. The number of halogens is 1. The highest BCUT2D eigenvalue weighted by atomic mass is 35.5. The van der Waals surface area contributed by atoms with Crippen LogP contribution in [0.4, 0.5) is 0 Å². The zero-order valence-electron chi connectivity index (χ0n) is 15.9. The monoisotopic (exact) mass is 396 g/mol. The Labute approximate surface area is 170 Å². The Hall–Kier alpha value is -2.30. The summed E-state index contributed by atoms with van der Waals surface area (Å²) in [4.78, 5) is 17.5. The topological polar surface area (TPSA) is 45.3 Å². The summed E-state index contributed by atoms with van der Waals surface area (Å²) < 4.78 is 5.75. The maximum atomic E-state index is 12.1. The summed E-state index contributed by atoms with van der Waals surface area (Å²) >= 11 is 5.99. The quantitative estimate of drug-likeness (QED) is 0.607. The standard InChI is InChI=1S/C23H25ClN2O2/c24-20-8-6-17(7-9-20)18-10-13-26(14-11-18)12-3-15-28-22-16-19-4-1-2-5-21(19)25-23(22)27/h1-2,4-9,16,18H,3,10-15H2,(H,25,27). The molecule has 1 aromatic heterocycles. The van der Waals surface area contributed by atoms with Crippen LogP contribution in [0.1, 0.15) is 30.7 Å². The van der Waals surface area contributed by atoms with E-state index < -0.39 is 0 Å². The molecule has 1 fully saturated rings. The van der Waals surface area contributed by atoms with Crippen molar-refractivity contribution in [2.75, 3.05) is 26.2 Å². The molecule has 0 bridgehead atoms. The number of rotatable bonds is 6. The number of likely N-dealkylation sites (tertiary alicyclic amines) is 1. The van der Waals surface area contributed by atoms with E-state index in [-0.39, 0.29) is 5.56 Å². The molecule has 3 aromatic rings. The van der Waals surface area contributed by atoms with Gasteiger partial charge in [-0.1, -0.05) is 41.9 Å². The Bertz CT molecular complexity index is 976. The maximum absolute atomic E-state index is 12.1. The van der Waals surface area contributed by atoms with Crippen molar-refractivity contribution >= 4 is 22.5 Å². The van der Waals surface area contributed by atoms with Crippen molar-refractivity contribution in [2.24, 2.45) is 0 Å². The fourth-order valence-corrected chi connectivity index (χ4v) is 4.06. The van der Waals surface area contributed by atoms with Gasteiger partial charge >= 0.3 is 0 Å². The number of ether oxygens (including phenoxy) is 1. The van der Waals surface area contributed by atoms with Crippen LogP contribution in [-0.2, 0) is 0 Å². The SMILES string of the molecule is O=c1[nH]c2ccccc2cc1OCCCN1CCC(c2ccc(Cl)cc2)CC1. The van der Waals surface area contributed by atoms with Gasteiger partial charge in [-0.2, -0.15) is 0 Å². The summed E-state index contributed by atoms with van der Waals surface area (Å²) in [6.07, 6.45) is 3.26. The summed E-state index contributed by atoms with van der Waals surface area (Å²) in [7, 11) is 0. The Morgan fingerprint density at radius 3 is 2.61 bits per heavy atom. The molecule has 0 amide bonds. The molecule has 146 valence electrons. The number of benzene rings is 2. The third kappa shape index (κ3) is 4.57. The summed E-state index contributed by atoms with van der Waals surface area (Å²) in [5.74, 6) is 1.03. The summed E-state index contributed by atoms with van der Waals surface area (Å²) in [6.45, 7) is 3.76. The van der Waals surface area contributed by atoms with E-state index in [2.05, 4.69) is 22.0 Å². The first-order valence-electron chi connectivity index (χ1n) is 9.92. The number of nitrogens with zero attached hydrogens (tertiary/aromatic N) is 1. The largest absolute Gasteiger partial charge is 0.488 e. The zero-order chi connectivity index (χ0) is 19.3. The van der Waals surface area contributed by atoms with Gasteiger partial charge in [-0.05, 0) is 68.1 Å². The molecule has 4 nitrogen and oxygen atoms in total. The van der Waals surface area contributed by atoms with Crippen LogP contribution < -0.4 is 10.3 Å². The van der Waals surface area contributed by atoms with E-state index in [0.29, 0.717) is 18.3 Å². The number of aromatic amines is 1. The van der Waals surface area contributed by atoms with Crippen molar-refractivity contribution in [2.45, 2.75) is 25.2 Å². The number of piperidine rings is 1. The lowest BCUT2D eigenvalue weighted by Crippen LogP contribution is -2.34. The average Bonchev–Trinajstić information content (AvgIpc) is 2.72. The van der Waals surface area contributed by atoms with E-state index in [1.54, 1.807) is 0 Å². The minimum Gasteiger partial charge on any atom is -0.488 e. The second-order valence-corrected chi connectivity index (χ2v) is 7.86. The Morgan fingerprint density at radius 1 is 1.07 bits per heavy atom. The van der Waals surface area contributed by atoms with E-state index in [4.69, 9.17) is 16.3 Å². The van der Waals surface area contributed by atoms with E-state index >= 15 is 0 Å². The van der Waals surface area contributed by atoms with E-state index in [9.17, 15) is 4.79 Å². The molecule has 0 spiro atoms. The van der Waals surface area contributed by atoms with Crippen LogP contribution in [0.3, 0.4) is 0 Å². The maximum Gasteiger partial charge on any atom is 0.290 e. The van der Waals surface area contributed by atoms with Crippen molar-refractivity contribution in [3.63, 3.8) is 0 Å².